The topological polar surface area (TPSA) is 9.23 Å². The van der Waals surface area contributed by atoms with Gasteiger partial charge in [0.25, 0.3) is 0 Å². The summed E-state index contributed by atoms with van der Waals surface area (Å²) in [6, 6.07) is 21.6. The minimum absolute atomic E-state index is 0.592. The van der Waals surface area contributed by atoms with E-state index in [4.69, 9.17) is 4.74 Å². The molecule has 0 radical (unpaired) electrons. The molecule has 0 amide bonds. The highest BCUT2D eigenvalue weighted by atomic mass is 16.5. The fourth-order valence-electron chi connectivity index (χ4n) is 3.65. The second kappa shape index (κ2) is 10.4. The van der Waals surface area contributed by atoms with Gasteiger partial charge in [-0.05, 0) is 47.6 Å². The maximum absolute atomic E-state index is 6.03. The van der Waals surface area contributed by atoms with E-state index in [0.717, 1.165) is 13.2 Å². The summed E-state index contributed by atoms with van der Waals surface area (Å²) in [5.41, 5.74) is 2.86. The molecule has 0 aliphatic heterocycles. The molecule has 0 N–H and O–H groups in total. The van der Waals surface area contributed by atoms with E-state index in [0.29, 0.717) is 23.7 Å². The molecule has 0 bridgehead atoms. The molecule has 2 rings (SSSR count). The molecular weight excluding hydrogens is 304 g/mol. The highest BCUT2D eigenvalue weighted by Crippen LogP contribution is 2.25. The molecule has 2 aromatic carbocycles. The second-order valence-electron chi connectivity index (χ2n) is 7.84. The zero-order chi connectivity index (χ0) is 18.1. The molecule has 4 unspecified atom stereocenters. The van der Waals surface area contributed by atoms with E-state index in [1.807, 2.05) is 0 Å². The Bertz CT molecular complexity index is 524. The lowest BCUT2D eigenvalue weighted by Crippen LogP contribution is -2.14. The van der Waals surface area contributed by atoms with E-state index in [-0.39, 0.29) is 0 Å². The maximum Gasteiger partial charge on any atom is 0.0491 e. The van der Waals surface area contributed by atoms with Crippen LogP contribution in [0.1, 0.15) is 63.5 Å². The van der Waals surface area contributed by atoms with Gasteiger partial charge in [-0.25, -0.2) is 0 Å². The van der Waals surface area contributed by atoms with Gasteiger partial charge < -0.3 is 4.74 Å². The van der Waals surface area contributed by atoms with Crippen molar-refractivity contribution in [1.82, 2.24) is 0 Å². The van der Waals surface area contributed by atoms with Crippen LogP contribution in [0.15, 0.2) is 60.7 Å². The molecule has 0 spiro atoms. The number of hydrogen-bond acceptors (Lipinski definition) is 1. The third-order valence-corrected chi connectivity index (χ3v) is 5.05. The summed E-state index contributed by atoms with van der Waals surface area (Å²) < 4.78 is 6.03. The van der Waals surface area contributed by atoms with Gasteiger partial charge in [0.1, 0.15) is 0 Å². The third kappa shape index (κ3) is 7.04. The lowest BCUT2D eigenvalue weighted by molar-refractivity contribution is 0.0725. The summed E-state index contributed by atoms with van der Waals surface area (Å²) in [4.78, 5) is 0. The Morgan fingerprint density at radius 3 is 1.32 bits per heavy atom. The van der Waals surface area contributed by atoms with E-state index in [2.05, 4.69) is 88.4 Å². The summed E-state index contributed by atoms with van der Waals surface area (Å²) in [5.74, 6) is 2.37. The fourth-order valence-corrected chi connectivity index (χ4v) is 3.65. The van der Waals surface area contributed by atoms with Crippen LogP contribution in [0.3, 0.4) is 0 Å². The Kier molecular flexibility index (Phi) is 8.21. The summed E-state index contributed by atoms with van der Waals surface area (Å²) in [5, 5.41) is 0. The van der Waals surface area contributed by atoms with Crippen LogP contribution in [0.25, 0.3) is 0 Å². The van der Waals surface area contributed by atoms with Gasteiger partial charge in [0, 0.05) is 13.2 Å². The third-order valence-electron chi connectivity index (χ3n) is 5.05. The Balaban J connectivity index is 1.66. The van der Waals surface area contributed by atoms with Gasteiger partial charge in [0.15, 0.2) is 0 Å². The Morgan fingerprint density at radius 2 is 0.960 bits per heavy atom. The van der Waals surface area contributed by atoms with Crippen molar-refractivity contribution in [2.45, 2.75) is 52.4 Å². The number of rotatable bonds is 10. The summed E-state index contributed by atoms with van der Waals surface area (Å²) in [7, 11) is 0. The molecular formula is C24H34O. The van der Waals surface area contributed by atoms with Crippen LogP contribution < -0.4 is 0 Å². The second-order valence-corrected chi connectivity index (χ2v) is 7.84. The maximum atomic E-state index is 6.03. The average Bonchev–Trinajstić information content (AvgIpc) is 2.63. The van der Waals surface area contributed by atoms with Crippen molar-refractivity contribution >= 4 is 0 Å². The first-order valence-corrected chi connectivity index (χ1v) is 9.73. The van der Waals surface area contributed by atoms with E-state index in [9.17, 15) is 0 Å². The van der Waals surface area contributed by atoms with Crippen LogP contribution in [0.5, 0.6) is 0 Å². The first-order valence-electron chi connectivity index (χ1n) is 9.73. The Morgan fingerprint density at radius 1 is 0.600 bits per heavy atom. The molecule has 4 atom stereocenters. The molecule has 0 aliphatic rings. The predicted molar refractivity (Wildman–Crippen MR) is 108 cm³/mol. The quantitative estimate of drug-likeness (QED) is 0.470. The highest BCUT2D eigenvalue weighted by molar-refractivity contribution is 5.19. The fraction of sp³-hybridized carbons (Fsp3) is 0.500. The summed E-state index contributed by atoms with van der Waals surface area (Å²) >= 11 is 0. The zero-order valence-corrected chi connectivity index (χ0v) is 16.3. The van der Waals surface area contributed by atoms with E-state index in [1.54, 1.807) is 0 Å². The molecule has 0 heterocycles. The monoisotopic (exact) mass is 338 g/mol. The lowest BCUT2D eigenvalue weighted by Gasteiger charge is -2.21. The predicted octanol–water partition coefficient (Wildman–Crippen LogP) is 6.66. The van der Waals surface area contributed by atoms with Crippen molar-refractivity contribution in [2.24, 2.45) is 11.8 Å². The molecule has 1 nitrogen and oxygen atoms in total. The highest BCUT2D eigenvalue weighted by Gasteiger charge is 2.13. The number of benzene rings is 2. The van der Waals surface area contributed by atoms with Crippen LogP contribution in [0.4, 0.5) is 0 Å². The zero-order valence-electron chi connectivity index (χ0n) is 16.3. The summed E-state index contributed by atoms with van der Waals surface area (Å²) in [6.45, 7) is 11.0. The molecule has 2 aromatic rings. The smallest absolute Gasteiger partial charge is 0.0491 e. The van der Waals surface area contributed by atoms with Gasteiger partial charge in [0.05, 0.1) is 0 Å². The molecule has 25 heavy (non-hydrogen) atoms. The van der Waals surface area contributed by atoms with Crippen LogP contribution >= 0.6 is 0 Å². The normalized spacial score (nSPS) is 16.2. The molecule has 0 fully saturated rings. The molecule has 0 aliphatic carbocycles. The van der Waals surface area contributed by atoms with Gasteiger partial charge in [0.2, 0.25) is 0 Å². The van der Waals surface area contributed by atoms with E-state index in [1.165, 1.54) is 24.0 Å². The number of ether oxygens (including phenoxy) is 1. The van der Waals surface area contributed by atoms with Crippen LogP contribution in [0, 0.1) is 11.8 Å². The van der Waals surface area contributed by atoms with Crippen molar-refractivity contribution in [2.75, 3.05) is 13.2 Å². The SMILES string of the molecule is CC(COCC(C)CC(C)c1ccccc1)CC(C)c1ccccc1. The summed E-state index contributed by atoms with van der Waals surface area (Å²) in [6.07, 6.45) is 2.36. The van der Waals surface area contributed by atoms with Crippen molar-refractivity contribution in [3.8, 4) is 0 Å². The van der Waals surface area contributed by atoms with Crippen molar-refractivity contribution < 1.29 is 4.74 Å². The average molecular weight is 339 g/mol. The largest absolute Gasteiger partial charge is 0.381 e. The molecule has 136 valence electrons. The molecule has 0 aromatic heterocycles. The minimum atomic E-state index is 0.592. The standard InChI is InChI=1S/C24H34O/c1-19(15-21(3)23-11-7-5-8-12-23)17-25-18-20(2)16-22(4)24-13-9-6-10-14-24/h5-14,19-22H,15-18H2,1-4H3. The van der Waals surface area contributed by atoms with Crippen molar-refractivity contribution in [3.63, 3.8) is 0 Å². The van der Waals surface area contributed by atoms with Gasteiger partial charge in [-0.2, -0.15) is 0 Å². The molecule has 0 saturated heterocycles. The van der Waals surface area contributed by atoms with Gasteiger partial charge >= 0.3 is 0 Å². The first kappa shape index (κ1) is 19.7. The van der Waals surface area contributed by atoms with Crippen LogP contribution in [-0.2, 0) is 4.74 Å². The van der Waals surface area contributed by atoms with E-state index >= 15 is 0 Å². The van der Waals surface area contributed by atoms with Crippen LogP contribution in [0.2, 0.25) is 0 Å². The van der Waals surface area contributed by atoms with E-state index < -0.39 is 0 Å². The Labute approximate surface area is 154 Å². The lowest BCUT2D eigenvalue weighted by atomic mass is 9.91. The van der Waals surface area contributed by atoms with Crippen molar-refractivity contribution in [1.29, 1.82) is 0 Å². The van der Waals surface area contributed by atoms with Gasteiger partial charge in [-0.1, -0.05) is 88.4 Å². The van der Waals surface area contributed by atoms with Gasteiger partial charge in [-0.3, -0.25) is 0 Å². The van der Waals surface area contributed by atoms with Crippen LogP contribution in [-0.4, -0.2) is 13.2 Å². The van der Waals surface area contributed by atoms with Crippen molar-refractivity contribution in [3.05, 3.63) is 71.8 Å². The van der Waals surface area contributed by atoms with Gasteiger partial charge in [-0.15, -0.1) is 0 Å². The minimum Gasteiger partial charge on any atom is -0.381 e. The number of hydrogen-bond donors (Lipinski definition) is 0. The molecule has 0 saturated carbocycles. The Hall–Kier alpha value is -1.60. The molecule has 1 heteroatoms. The first-order chi connectivity index (χ1) is 12.1.